The minimum absolute atomic E-state index is 0. The van der Waals surface area contributed by atoms with E-state index in [4.69, 9.17) is 5.73 Å². The van der Waals surface area contributed by atoms with Gasteiger partial charge >= 0.3 is 0 Å². The number of nitrogens with two attached hydrogens (primary N) is 1. The maximum Gasteiger partial charge on any atom is 0.125 e. The standard InChI is InChI=1S/C14H18N4S.2ClH/c1-11-13(18-10-17-11)9-19-8-7-16-14(15)12-5-3-2-4-6-12;;/h2-6,10H,7-9H2,1H3,(H2,15,16)(H,17,18);2*1H. The highest BCUT2D eigenvalue weighted by atomic mass is 35.5. The molecule has 0 bridgehead atoms. The summed E-state index contributed by atoms with van der Waals surface area (Å²) in [6.45, 7) is 2.77. The van der Waals surface area contributed by atoms with Crippen LogP contribution in [0.1, 0.15) is 17.0 Å². The Morgan fingerprint density at radius 3 is 2.62 bits per heavy atom. The summed E-state index contributed by atoms with van der Waals surface area (Å²) in [4.78, 5) is 11.7. The number of nitrogens with one attached hydrogen (secondary N) is 1. The first kappa shape index (κ1) is 19.8. The first-order chi connectivity index (χ1) is 9.27. The number of benzene rings is 1. The number of aliphatic imine (C=N–C) groups is 1. The van der Waals surface area contributed by atoms with E-state index < -0.39 is 0 Å². The summed E-state index contributed by atoms with van der Waals surface area (Å²) in [5, 5.41) is 0. The van der Waals surface area contributed by atoms with Gasteiger partial charge in [-0.15, -0.1) is 24.8 Å². The number of hydrogen-bond acceptors (Lipinski definition) is 3. The molecule has 7 heteroatoms. The number of aromatic amines is 1. The average Bonchev–Trinajstić information content (AvgIpc) is 2.85. The SMILES string of the molecule is Cc1[nH]cnc1CSCCN=C(N)c1ccccc1.Cl.Cl. The molecule has 116 valence electrons. The van der Waals surface area contributed by atoms with Gasteiger partial charge in [0.25, 0.3) is 0 Å². The van der Waals surface area contributed by atoms with Gasteiger partial charge in [0, 0.05) is 22.8 Å². The lowest BCUT2D eigenvalue weighted by Gasteiger charge is -2.01. The number of imidazole rings is 1. The minimum Gasteiger partial charge on any atom is -0.384 e. The minimum atomic E-state index is 0. The van der Waals surface area contributed by atoms with E-state index in [0.717, 1.165) is 35.0 Å². The van der Waals surface area contributed by atoms with Gasteiger partial charge in [-0.1, -0.05) is 30.3 Å². The Hall–Kier alpha value is -1.17. The van der Waals surface area contributed by atoms with E-state index in [9.17, 15) is 0 Å². The zero-order valence-electron chi connectivity index (χ0n) is 11.8. The third kappa shape index (κ3) is 6.42. The molecule has 21 heavy (non-hydrogen) atoms. The van der Waals surface area contributed by atoms with Gasteiger partial charge in [0.15, 0.2) is 0 Å². The summed E-state index contributed by atoms with van der Waals surface area (Å²) in [6.07, 6.45) is 1.73. The van der Waals surface area contributed by atoms with Gasteiger partial charge < -0.3 is 10.7 Å². The fourth-order valence-corrected chi connectivity index (χ4v) is 2.48. The van der Waals surface area contributed by atoms with E-state index in [-0.39, 0.29) is 24.8 Å². The zero-order valence-corrected chi connectivity index (χ0v) is 14.2. The van der Waals surface area contributed by atoms with Crippen LogP contribution >= 0.6 is 36.6 Å². The van der Waals surface area contributed by atoms with Crippen molar-refractivity contribution >= 4 is 42.4 Å². The maximum absolute atomic E-state index is 5.92. The molecule has 1 aromatic heterocycles. The number of rotatable bonds is 6. The van der Waals surface area contributed by atoms with Crippen molar-refractivity contribution in [2.24, 2.45) is 10.7 Å². The van der Waals surface area contributed by atoms with Crippen molar-refractivity contribution in [3.63, 3.8) is 0 Å². The van der Waals surface area contributed by atoms with Crippen LogP contribution in [-0.2, 0) is 5.75 Å². The van der Waals surface area contributed by atoms with Crippen LogP contribution in [0.25, 0.3) is 0 Å². The van der Waals surface area contributed by atoms with Crippen molar-refractivity contribution in [2.75, 3.05) is 12.3 Å². The number of nitrogens with zero attached hydrogens (tertiary/aromatic N) is 2. The lowest BCUT2D eigenvalue weighted by atomic mass is 10.2. The van der Waals surface area contributed by atoms with Crippen molar-refractivity contribution in [2.45, 2.75) is 12.7 Å². The summed E-state index contributed by atoms with van der Waals surface area (Å²) in [7, 11) is 0. The first-order valence-corrected chi connectivity index (χ1v) is 7.35. The van der Waals surface area contributed by atoms with Gasteiger partial charge in [0.2, 0.25) is 0 Å². The van der Waals surface area contributed by atoms with Crippen LogP contribution in [0.4, 0.5) is 0 Å². The molecule has 0 saturated heterocycles. The molecule has 0 fully saturated rings. The van der Waals surface area contributed by atoms with E-state index in [2.05, 4.69) is 15.0 Å². The second-order valence-corrected chi connectivity index (χ2v) is 5.26. The third-order valence-electron chi connectivity index (χ3n) is 2.76. The number of thioether (sulfide) groups is 1. The Morgan fingerprint density at radius 1 is 1.29 bits per heavy atom. The molecule has 0 aliphatic rings. The van der Waals surface area contributed by atoms with E-state index >= 15 is 0 Å². The van der Waals surface area contributed by atoms with Crippen molar-refractivity contribution in [1.29, 1.82) is 0 Å². The number of H-pyrrole nitrogens is 1. The van der Waals surface area contributed by atoms with Gasteiger partial charge in [0.05, 0.1) is 18.6 Å². The van der Waals surface area contributed by atoms with Gasteiger partial charge in [0.1, 0.15) is 5.84 Å². The predicted octanol–water partition coefficient (Wildman–Crippen LogP) is 3.20. The van der Waals surface area contributed by atoms with Crippen LogP contribution in [0.3, 0.4) is 0 Å². The summed E-state index contributed by atoms with van der Waals surface area (Å²) in [5.41, 5.74) is 9.16. The first-order valence-electron chi connectivity index (χ1n) is 6.19. The van der Waals surface area contributed by atoms with Crippen LogP contribution in [0.15, 0.2) is 41.7 Å². The van der Waals surface area contributed by atoms with E-state index in [0.29, 0.717) is 5.84 Å². The van der Waals surface area contributed by atoms with Crippen molar-refractivity contribution in [1.82, 2.24) is 9.97 Å². The van der Waals surface area contributed by atoms with E-state index in [1.807, 2.05) is 49.0 Å². The highest BCUT2D eigenvalue weighted by molar-refractivity contribution is 7.98. The Bertz CT molecular complexity index is 543. The van der Waals surface area contributed by atoms with Crippen LogP contribution in [-0.4, -0.2) is 28.1 Å². The summed E-state index contributed by atoms with van der Waals surface area (Å²) < 4.78 is 0. The molecule has 4 nitrogen and oxygen atoms in total. The topological polar surface area (TPSA) is 67.1 Å². The molecule has 0 saturated carbocycles. The number of amidine groups is 1. The highest BCUT2D eigenvalue weighted by Crippen LogP contribution is 2.12. The predicted molar refractivity (Wildman–Crippen MR) is 96.0 cm³/mol. The molecule has 0 atom stereocenters. The maximum atomic E-state index is 5.92. The molecule has 2 aromatic rings. The molecule has 0 amide bonds. The van der Waals surface area contributed by atoms with Crippen molar-refractivity contribution in [3.05, 3.63) is 53.6 Å². The monoisotopic (exact) mass is 346 g/mol. The molecule has 0 spiro atoms. The quantitative estimate of drug-likeness (QED) is 0.479. The van der Waals surface area contributed by atoms with Gasteiger partial charge in [-0.05, 0) is 6.92 Å². The smallest absolute Gasteiger partial charge is 0.125 e. The largest absolute Gasteiger partial charge is 0.384 e. The highest BCUT2D eigenvalue weighted by Gasteiger charge is 2.00. The molecule has 3 N–H and O–H groups in total. The van der Waals surface area contributed by atoms with Gasteiger partial charge in [-0.3, -0.25) is 4.99 Å². The fourth-order valence-electron chi connectivity index (χ4n) is 1.63. The van der Waals surface area contributed by atoms with Crippen LogP contribution in [0.5, 0.6) is 0 Å². The normalized spacial score (nSPS) is 10.6. The molecule has 2 rings (SSSR count). The second kappa shape index (κ2) is 10.5. The Labute approximate surface area is 141 Å². The Morgan fingerprint density at radius 2 is 2.00 bits per heavy atom. The average molecular weight is 347 g/mol. The fraction of sp³-hybridized carbons (Fsp3) is 0.286. The Balaban J connectivity index is 0.00000200. The summed E-state index contributed by atoms with van der Waals surface area (Å²) >= 11 is 1.82. The zero-order chi connectivity index (χ0) is 13.5. The number of aromatic nitrogens is 2. The third-order valence-corrected chi connectivity index (χ3v) is 3.71. The summed E-state index contributed by atoms with van der Waals surface area (Å²) in [6, 6.07) is 9.84. The van der Waals surface area contributed by atoms with E-state index in [1.165, 1.54) is 0 Å². The lowest BCUT2D eigenvalue weighted by Crippen LogP contribution is -2.14. The molecule has 1 heterocycles. The number of halogens is 2. The second-order valence-electron chi connectivity index (χ2n) is 4.16. The number of aryl methyl sites for hydroxylation is 1. The molecular formula is C14H20Cl2N4S. The van der Waals surface area contributed by atoms with Crippen LogP contribution < -0.4 is 5.73 Å². The van der Waals surface area contributed by atoms with Crippen molar-refractivity contribution < 1.29 is 0 Å². The van der Waals surface area contributed by atoms with Crippen molar-refractivity contribution in [3.8, 4) is 0 Å². The Kier molecular flexibility index (Phi) is 9.95. The van der Waals surface area contributed by atoms with E-state index in [1.54, 1.807) is 6.33 Å². The van der Waals surface area contributed by atoms with Gasteiger partial charge in [-0.25, -0.2) is 4.98 Å². The molecule has 1 aromatic carbocycles. The molecular weight excluding hydrogens is 327 g/mol. The molecule has 0 aliphatic heterocycles. The van der Waals surface area contributed by atoms with Gasteiger partial charge in [-0.2, -0.15) is 11.8 Å². The molecule has 0 aliphatic carbocycles. The summed E-state index contributed by atoms with van der Waals surface area (Å²) in [5.74, 6) is 2.47. The van der Waals surface area contributed by atoms with Crippen LogP contribution in [0.2, 0.25) is 0 Å². The van der Waals surface area contributed by atoms with Crippen LogP contribution in [0, 0.1) is 6.92 Å². The number of hydrogen-bond donors (Lipinski definition) is 2. The lowest BCUT2D eigenvalue weighted by molar-refractivity contribution is 1.12. The molecule has 0 radical (unpaired) electrons. The molecule has 0 unspecified atom stereocenters.